The molecule has 0 unspecified atom stereocenters. The molecule has 4 aromatic heterocycles. The summed E-state index contributed by atoms with van der Waals surface area (Å²) >= 11 is 0. The van der Waals surface area contributed by atoms with Crippen LogP contribution in [0.15, 0.2) is 170 Å². The van der Waals surface area contributed by atoms with Crippen LogP contribution in [0.25, 0.3) is 99.2 Å². The zero-order chi connectivity index (χ0) is 33.0. The van der Waals surface area contributed by atoms with Gasteiger partial charge in [-0.1, -0.05) is 127 Å². The van der Waals surface area contributed by atoms with Gasteiger partial charge in [-0.2, -0.15) is 0 Å². The molecular formula is C46H28N4. The lowest BCUT2D eigenvalue weighted by Crippen LogP contribution is -1.93. The Balaban J connectivity index is 1.10. The Kier molecular flexibility index (Phi) is 6.46. The lowest BCUT2D eigenvalue weighted by atomic mass is 9.93. The third-order valence-corrected chi connectivity index (χ3v) is 9.74. The normalized spacial score (nSPS) is 11.6. The predicted octanol–water partition coefficient (Wildman–Crippen LogP) is 11.7. The number of hydrogen-bond acceptors (Lipinski definition) is 4. The van der Waals surface area contributed by atoms with Crippen LogP contribution in [0.2, 0.25) is 0 Å². The Bertz CT molecular complexity index is 2900. The van der Waals surface area contributed by atoms with Gasteiger partial charge >= 0.3 is 0 Å². The second kappa shape index (κ2) is 11.4. The van der Waals surface area contributed by atoms with E-state index in [4.69, 9.17) is 15.0 Å². The SMILES string of the molecule is c1ccc(-c2ccc(-c3c4ccccc4nc4c3ccc3ccc(-c5ccc(-c6cc7cccnc7c7ncccc67)cc5)nc34)cc2)cc1. The predicted molar refractivity (Wildman–Crippen MR) is 207 cm³/mol. The van der Waals surface area contributed by atoms with Crippen LogP contribution in [0.1, 0.15) is 0 Å². The molecular weight excluding hydrogens is 609 g/mol. The standard InChI is InChI=1S/C46H28N4/c1-2-8-29(9-3-1)30-14-20-33(21-15-30)42-37-11-4-5-13-41(37)50-46-38(42)24-22-34-23-25-40(49-44(34)46)32-18-16-31(17-19-32)39-28-35-10-6-26-47-43(35)45-36(39)12-7-27-48-45/h1-28H. The van der Waals surface area contributed by atoms with Crippen LogP contribution in [-0.2, 0) is 0 Å². The van der Waals surface area contributed by atoms with E-state index in [0.29, 0.717) is 0 Å². The number of para-hydroxylation sites is 1. The highest BCUT2D eigenvalue weighted by Gasteiger charge is 2.16. The summed E-state index contributed by atoms with van der Waals surface area (Å²) in [5.41, 5.74) is 13.6. The fourth-order valence-corrected chi connectivity index (χ4v) is 7.30. The van der Waals surface area contributed by atoms with E-state index in [-0.39, 0.29) is 0 Å². The first-order valence-corrected chi connectivity index (χ1v) is 16.8. The van der Waals surface area contributed by atoms with Gasteiger partial charge < -0.3 is 0 Å². The van der Waals surface area contributed by atoms with Gasteiger partial charge in [-0.3, -0.25) is 9.97 Å². The van der Waals surface area contributed by atoms with Crippen LogP contribution in [0.3, 0.4) is 0 Å². The van der Waals surface area contributed by atoms with E-state index in [2.05, 4.69) is 151 Å². The van der Waals surface area contributed by atoms with Crippen molar-refractivity contribution in [1.82, 2.24) is 19.9 Å². The minimum atomic E-state index is 0.899. The number of aromatic nitrogens is 4. The average molecular weight is 637 g/mol. The molecule has 4 nitrogen and oxygen atoms in total. The maximum Gasteiger partial charge on any atom is 0.0978 e. The Hall–Kier alpha value is -6.78. The molecule has 10 aromatic rings. The van der Waals surface area contributed by atoms with E-state index < -0.39 is 0 Å². The number of fused-ring (bicyclic) bond motifs is 7. The fourth-order valence-electron chi connectivity index (χ4n) is 7.30. The Morgan fingerprint density at radius 2 is 1.00 bits per heavy atom. The van der Waals surface area contributed by atoms with Gasteiger partial charge in [0.1, 0.15) is 0 Å². The van der Waals surface area contributed by atoms with E-state index in [9.17, 15) is 0 Å². The second-order valence-electron chi connectivity index (χ2n) is 12.7. The molecule has 0 radical (unpaired) electrons. The molecule has 0 fully saturated rings. The van der Waals surface area contributed by atoms with Crippen LogP contribution in [0, 0.1) is 0 Å². The molecule has 4 heteroatoms. The maximum atomic E-state index is 5.28. The lowest BCUT2D eigenvalue weighted by molar-refractivity contribution is 1.37. The highest BCUT2D eigenvalue weighted by atomic mass is 14.8. The summed E-state index contributed by atoms with van der Waals surface area (Å²) in [6.07, 6.45) is 3.66. The molecule has 0 N–H and O–H groups in total. The number of benzene rings is 6. The lowest BCUT2D eigenvalue weighted by Gasteiger charge is -2.14. The van der Waals surface area contributed by atoms with Crippen LogP contribution in [-0.4, -0.2) is 19.9 Å². The monoisotopic (exact) mass is 636 g/mol. The van der Waals surface area contributed by atoms with Gasteiger partial charge in [-0.15, -0.1) is 0 Å². The van der Waals surface area contributed by atoms with Gasteiger partial charge in [0, 0.05) is 50.5 Å². The first kappa shape index (κ1) is 28.3. The molecule has 0 spiro atoms. The molecule has 232 valence electrons. The van der Waals surface area contributed by atoms with Crippen LogP contribution in [0.4, 0.5) is 0 Å². The van der Waals surface area contributed by atoms with Crippen molar-refractivity contribution in [2.45, 2.75) is 0 Å². The van der Waals surface area contributed by atoms with Crippen LogP contribution in [0.5, 0.6) is 0 Å². The van der Waals surface area contributed by atoms with Crippen molar-refractivity contribution in [1.29, 1.82) is 0 Å². The van der Waals surface area contributed by atoms with Crippen molar-refractivity contribution in [2.24, 2.45) is 0 Å². The average Bonchev–Trinajstić information content (AvgIpc) is 3.20. The number of nitrogens with zero attached hydrogens (tertiary/aromatic N) is 4. The van der Waals surface area contributed by atoms with E-state index in [1.54, 1.807) is 0 Å². The van der Waals surface area contributed by atoms with E-state index >= 15 is 0 Å². The topological polar surface area (TPSA) is 51.6 Å². The third-order valence-electron chi connectivity index (χ3n) is 9.74. The Morgan fingerprint density at radius 3 is 1.86 bits per heavy atom. The largest absolute Gasteiger partial charge is 0.254 e. The highest BCUT2D eigenvalue weighted by molar-refractivity contribution is 6.16. The Morgan fingerprint density at radius 1 is 0.340 bits per heavy atom. The van der Waals surface area contributed by atoms with Crippen molar-refractivity contribution in [3.05, 3.63) is 170 Å². The summed E-state index contributed by atoms with van der Waals surface area (Å²) in [5, 5.41) is 5.45. The summed E-state index contributed by atoms with van der Waals surface area (Å²) in [6, 6.07) is 55.5. The maximum absolute atomic E-state index is 5.28. The van der Waals surface area contributed by atoms with Gasteiger partial charge in [0.25, 0.3) is 0 Å². The number of pyridine rings is 4. The molecule has 0 aliphatic heterocycles. The molecule has 0 atom stereocenters. The quantitative estimate of drug-likeness (QED) is 0.142. The van der Waals surface area contributed by atoms with Gasteiger partial charge in [0.05, 0.1) is 33.3 Å². The van der Waals surface area contributed by atoms with E-state index in [1.165, 1.54) is 16.7 Å². The molecule has 0 saturated heterocycles. The summed E-state index contributed by atoms with van der Waals surface area (Å²) in [4.78, 5) is 19.8. The second-order valence-corrected chi connectivity index (χ2v) is 12.7. The summed E-state index contributed by atoms with van der Waals surface area (Å²) < 4.78 is 0. The van der Waals surface area contributed by atoms with Crippen LogP contribution >= 0.6 is 0 Å². The molecule has 0 bridgehead atoms. The zero-order valence-corrected chi connectivity index (χ0v) is 27.0. The van der Waals surface area contributed by atoms with Gasteiger partial charge in [-0.05, 0) is 58.1 Å². The molecule has 50 heavy (non-hydrogen) atoms. The zero-order valence-electron chi connectivity index (χ0n) is 27.0. The molecule has 6 aromatic carbocycles. The molecule has 10 rings (SSSR count). The highest BCUT2D eigenvalue weighted by Crippen LogP contribution is 2.39. The Labute approximate surface area is 288 Å². The molecule has 0 aliphatic carbocycles. The summed E-state index contributed by atoms with van der Waals surface area (Å²) in [6.45, 7) is 0. The minimum Gasteiger partial charge on any atom is -0.254 e. The van der Waals surface area contributed by atoms with Gasteiger partial charge in [-0.25, -0.2) is 9.97 Å². The van der Waals surface area contributed by atoms with Crippen molar-refractivity contribution in [3.63, 3.8) is 0 Å². The summed E-state index contributed by atoms with van der Waals surface area (Å²) in [5.74, 6) is 0. The molecule has 4 heterocycles. The first-order valence-electron chi connectivity index (χ1n) is 16.8. The van der Waals surface area contributed by atoms with Crippen molar-refractivity contribution in [3.8, 4) is 44.6 Å². The molecule has 0 aliphatic rings. The van der Waals surface area contributed by atoms with Crippen molar-refractivity contribution in [2.75, 3.05) is 0 Å². The van der Waals surface area contributed by atoms with Gasteiger partial charge in [0.2, 0.25) is 0 Å². The van der Waals surface area contributed by atoms with E-state index in [0.717, 1.165) is 82.5 Å². The van der Waals surface area contributed by atoms with E-state index in [1.807, 2.05) is 24.5 Å². The van der Waals surface area contributed by atoms with Crippen LogP contribution < -0.4 is 0 Å². The smallest absolute Gasteiger partial charge is 0.0978 e. The third kappa shape index (κ3) is 4.61. The van der Waals surface area contributed by atoms with Crippen molar-refractivity contribution < 1.29 is 0 Å². The molecule has 0 saturated carbocycles. The number of hydrogen-bond donors (Lipinski definition) is 0. The minimum absolute atomic E-state index is 0.899. The fraction of sp³-hybridized carbons (Fsp3) is 0. The summed E-state index contributed by atoms with van der Waals surface area (Å²) in [7, 11) is 0. The number of rotatable bonds is 4. The first-order chi connectivity index (χ1) is 24.8. The van der Waals surface area contributed by atoms with Crippen molar-refractivity contribution >= 4 is 54.5 Å². The molecule has 0 amide bonds. The van der Waals surface area contributed by atoms with Gasteiger partial charge in [0.15, 0.2) is 0 Å².